The number of carbonyl (C=O) groups is 1. The fourth-order valence-electron chi connectivity index (χ4n) is 4.11. The quantitative estimate of drug-likeness (QED) is 0.759. The zero-order valence-corrected chi connectivity index (χ0v) is 16.8. The molecule has 1 saturated carbocycles. The van der Waals surface area contributed by atoms with E-state index in [1.54, 1.807) is 0 Å². The number of rotatable bonds is 3. The summed E-state index contributed by atoms with van der Waals surface area (Å²) in [4.78, 5) is 17.5. The van der Waals surface area contributed by atoms with Gasteiger partial charge >= 0.3 is 6.18 Å². The van der Waals surface area contributed by atoms with Crippen molar-refractivity contribution in [3.05, 3.63) is 29.8 Å². The van der Waals surface area contributed by atoms with Crippen molar-refractivity contribution < 1.29 is 22.7 Å². The van der Waals surface area contributed by atoms with E-state index in [0.717, 1.165) is 38.1 Å². The van der Waals surface area contributed by atoms with Crippen molar-refractivity contribution >= 4 is 5.91 Å². The van der Waals surface area contributed by atoms with Gasteiger partial charge in [0.15, 0.2) is 5.60 Å². The summed E-state index contributed by atoms with van der Waals surface area (Å²) in [6.07, 6.45) is -1.41. The van der Waals surface area contributed by atoms with Gasteiger partial charge in [-0.3, -0.25) is 9.69 Å². The second-order valence-corrected chi connectivity index (χ2v) is 8.78. The van der Waals surface area contributed by atoms with Crippen molar-refractivity contribution in [1.29, 1.82) is 0 Å². The van der Waals surface area contributed by atoms with Crippen molar-refractivity contribution in [3.8, 4) is 5.75 Å². The average Bonchev–Trinajstić information content (AvgIpc) is 3.10. The van der Waals surface area contributed by atoms with Gasteiger partial charge in [-0.1, -0.05) is 0 Å². The van der Waals surface area contributed by atoms with Crippen LogP contribution in [0.3, 0.4) is 0 Å². The lowest BCUT2D eigenvalue weighted by Crippen LogP contribution is -2.59. The topological polar surface area (TPSA) is 32.8 Å². The Hall–Kier alpha value is -1.76. The lowest BCUT2D eigenvalue weighted by molar-refractivity contribution is -0.150. The molecule has 0 bridgehead atoms. The van der Waals surface area contributed by atoms with Crippen LogP contribution in [0.1, 0.15) is 52.0 Å². The molecular formula is C21H29F3N2O2. The van der Waals surface area contributed by atoms with E-state index in [4.69, 9.17) is 4.74 Å². The van der Waals surface area contributed by atoms with E-state index in [0.29, 0.717) is 31.7 Å². The molecule has 1 aromatic carbocycles. The Morgan fingerprint density at radius 2 is 1.50 bits per heavy atom. The Morgan fingerprint density at radius 3 is 1.96 bits per heavy atom. The molecule has 1 aliphatic carbocycles. The summed E-state index contributed by atoms with van der Waals surface area (Å²) in [5.41, 5.74) is -1.61. The van der Waals surface area contributed by atoms with Gasteiger partial charge in [-0.2, -0.15) is 13.2 Å². The highest BCUT2D eigenvalue weighted by Crippen LogP contribution is 2.38. The minimum absolute atomic E-state index is 0.0292. The van der Waals surface area contributed by atoms with E-state index in [2.05, 4.69) is 25.7 Å². The Kier molecular flexibility index (Phi) is 5.67. The zero-order valence-electron chi connectivity index (χ0n) is 16.8. The molecule has 1 saturated heterocycles. The van der Waals surface area contributed by atoms with Gasteiger partial charge in [-0.25, -0.2) is 0 Å². The minimum Gasteiger partial charge on any atom is -0.477 e. The lowest BCUT2D eigenvalue weighted by atomic mass is 9.98. The summed E-state index contributed by atoms with van der Waals surface area (Å²) in [5.74, 6) is 0.287. The fraction of sp³-hybridized carbons (Fsp3) is 0.667. The molecule has 0 aromatic heterocycles. The third-order valence-corrected chi connectivity index (χ3v) is 5.81. The van der Waals surface area contributed by atoms with Crippen molar-refractivity contribution in [1.82, 2.24) is 9.80 Å². The maximum atomic E-state index is 13.3. The standard InChI is InChI=1S/C21H29F3N2O2/c1-19(2,3)26-14-12-25(13-15-26)18(27)20(10-4-5-11-20)28-17-8-6-16(7-9-17)21(22,23)24/h6-9H,4-5,10-15H2,1-3H3. The third kappa shape index (κ3) is 4.45. The molecule has 0 atom stereocenters. The molecule has 7 heteroatoms. The SMILES string of the molecule is CC(C)(C)N1CCN(C(=O)C2(Oc3ccc(C(F)(F)F)cc3)CCCC2)CC1. The number of carbonyl (C=O) groups excluding carboxylic acids is 1. The average molecular weight is 398 g/mol. The van der Waals surface area contributed by atoms with E-state index in [-0.39, 0.29) is 11.4 Å². The monoisotopic (exact) mass is 398 g/mol. The summed E-state index contributed by atoms with van der Waals surface area (Å²) in [6, 6.07) is 4.64. The van der Waals surface area contributed by atoms with E-state index in [1.165, 1.54) is 12.1 Å². The predicted octanol–water partition coefficient (Wildman–Crippen LogP) is 4.34. The number of hydrogen-bond donors (Lipinski definition) is 0. The van der Waals surface area contributed by atoms with Gasteiger partial charge in [0.05, 0.1) is 5.56 Å². The molecular weight excluding hydrogens is 369 g/mol. The molecule has 1 heterocycles. The highest BCUT2D eigenvalue weighted by atomic mass is 19.4. The van der Waals surface area contributed by atoms with Gasteiger partial charge in [0.2, 0.25) is 0 Å². The summed E-state index contributed by atoms with van der Waals surface area (Å²) in [7, 11) is 0. The van der Waals surface area contributed by atoms with Crippen LogP contribution in [0.5, 0.6) is 5.75 Å². The molecule has 3 rings (SSSR count). The summed E-state index contributed by atoms with van der Waals surface area (Å²) in [5, 5.41) is 0. The second kappa shape index (κ2) is 7.58. The number of piperazine rings is 1. The van der Waals surface area contributed by atoms with Gasteiger partial charge in [-0.05, 0) is 70.7 Å². The van der Waals surface area contributed by atoms with E-state index < -0.39 is 17.3 Å². The normalized spacial score (nSPS) is 21.0. The minimum atomic E-state index is -4.38. The molecule has 0 spiro atoms. The lowest BCUT2D eigenvalue weighted by Gasteiger charge is -2.44. The van der Waals surface area contributed by atoms with Gasteiger partial charge in [-0.15, -0.1) is 0 Å². The van der Waals surface area contributed by atoms with Gasteiger partial charge in [0.25, 0.3) is 5.91 Å². The summed E-state index contributed by atoms with van der Waals surface area (Å²) < 4.78 is 44.4. The van der Waals surface area contributed by atoms with Crippen molar-refractivity contribution in [3.63, 3.8) is 0 Å². The van der Waals surface area contributed by atoms with Crippen LogP contribution in [0.2, 0.25) is 0 Å². The van der Waals surface area contributed by atoms with Crippen LogP contribution in [0.4, 0.5) is 13.2 Å². The van der Waals surface area contributed by atoms with Crippen LogP contribution in [0.25, 0.3) is 0 Å². The smallest absolute Gasteiger partial charge is 0.416 e. The highest BCUT2D eigenvalue weighted by molar-refractivity contribution is 5.86. The number of ether oxygens (including phenoxy) is 1. The zero-order chi connectivity index (χ0) is 20.6. The van der Waals surface area contributed by atoms with E-state index in [9.17, 15) is 18.0 Å². The molecule has 1 aromatic rings. The fourth-order valence-corrected chi connectivity index (χ4v) is 4.11. The number of hydrogen-bond acceptors (Lipinski definition) is 3. The Bertz CT molecular complexity index is 681. The van der Waals surface area contributed by atoms with Crippen LogP contribution in [0.15, 0.2) is 24.3 Å². The summed E-state index contributed by atoms with van der Waals surface area (Å²) >= 11 is 0. The molecule has 28 heavy (non-hydrogen) atoms. The first-order chi connectivity index (χ1) is 13.0. The Labute approximate surface area is 164 Å². The van der Waals surface area contributed by atoms with Crippen LogP contribution in [-0.2, 0) is 11.0 Å². The molecule has 0 unspecified atom stereocenters. The molecule has 0 N–H and O–H groups in total. The van der Waals surface area contributed by atoms with Crippen LogP contribution < -0.4 is 4.74 Å². The van der Waals surface area contributed by atoms with Crippen molar-refractivity contribution in [2.45, 2.75) is 63.8 Å². The van der Waals surface area contributed by atoms with Crippen LogP contribution in [0, 0.1) is 0 Å². The van der Waals surface area contributed by atoms with Gasteiger partial charge < -0.3 is 9.64 Å². The highest BCUT2D eigenvalue weighted by Gasteiger charge is 2.47. The van der Waals surface area contributed by atoms with Crippen molar-refractivity contribution in [2.24, 2.45) is 0 Å². The molecule has 0 radical (unpaired) electrons. The van der Waals surface area contributed by atoms with Gasteiger partial charge in [0.1, 0.15) is 5.75 Å². The maximum Gasteiger partial charge on any atom is 0.416 e. The molecule has 4 nitrogen and oxygen atoms in total. The van der Waals surface area contributed by atoms with Crippen LogP contribution in [-0.4, -0.2) is 53.0 Å². The van der Waals surface area contributed by atoms with Crippen molar-refractivity contribution in [2.75, 3.05) is 26.2 Å². The second-order valence-electron chi connectivity index (χ2n) is 8.78. The first-order valence-corrected chi connectivity index (χ1v) is 9.92. The molecule has 2 aliphatic rings. The maximum absolute atomic E-state index is 13.3. The van der Waals surface area contributed by atoms with Crippen LogP contribution >= 0.6 is 0 Å². The molecule has 1 amide bonds. The Morgan fingerprint density at radius 1 is 0.964 bits per heavy atom. The summed E-state index contributed by atoms with van der Waals surface area (Å²) in [6.45, 7) is 9.41. The first kappa shape index (κ1) is 21.0. The molecule has 2 fully saturated rings. The molecule has 1 aliphatic heterocycles. The third-order valence-electron chi connectivity index (χ3n) is 5.81. The largest absolute Gasteiger partial charge is 0.477 e. The Balaban J connectivity index is 1.71. The van der Waals surface area contributed by atoms with E-state index >= 15 is 0 Å². The predicted molar refractivity (Wildman–Crippen MR) is 101 cm³/mol. The molecule has 156 valence electrons. The number of benzene rings is 1. The number of nitrogens with zero attached hydrogens (tertiary/aromatic N) is 2. The number of amides is 1. The first-order valence-electron chi connectivity index (χ1n) is 9.92. The van der Waals surface area contributed by atoms with Gasteiger partial charge in [0, 0.05) is 31.7 Å². The number of halogens is 3. The number of alkyl halides is 3. The van der Waals surface area contributed by atoms with E-state index in [1.807, 2.05) is 4.90 Å².